The van der Waals surface area contributed by atoms with Gasteiger partial charge in [0, 0.05) is 18.1 Å². The summed E-state index contributed by atoms with van der Waals surface area (Å²) >= 11 is 0. The fourth-order valence-electron chi connectivity index (χ4n) is 1.34. The first-order valence-electron chi connectivity index (χ1n) is 4.43. The van der Waals surface area contributed by atoms with E-state index < -0.39 is 0 Å². The van der Waals surface area contributed by atoms with Crippen molar-refractivity contribution in [1.82, 2.24) is 10.3 Å². The van der Waals surface area contributed by atoms with Crippen LogP contribution in [-0.4, -0.2) is 11.5 Å². The van der Waals surface area contributed by atoms with Gasteiger partial charge in [-0.1, -0.05) is 6.92 Å². The van der Waals surface area contributed by atoms with E-state index >= 15 is 0 Å². The van der Waals surface area contributed by atoms with E-state index in [1.807, 2.05) is 12.1 Å². The molecule has 2 heterocycles. The van der Waals surface area contributed by atoms with E-state index in [9.17, 15) is 0 Å². The van der Waals surface area contributed by atoms with Crippen molar-refractivity contribution in [2.45, 2.75) is 13.5 Å². The van der Waals surface area contributed by atoms with Gasteiger partial charge in [0.2, 0.25) is 0 Å². The van der Waals surface area contributed by atoms with Crippen LogP contribution in [0.4, 0.5) is 0 Å². The predicted molar refractivity (Wildman–Crippen MR) is 51.4 cm³/mol. The van der Waals surface area contributed by atoms with Gasteiger partial charge in [0.05, 0.1) is 12.0 Å². The van der Waals surface area contributed by atoms with E-state index in [1.54, 1.807) is 12.5 Å². The van der Waals surface area contributed by atoms with E-state index in [0.717, 1.165) is 29.8 Å². The van der Waals surface area contributed by atoms with Crippen LogP contribution in [0.1, 0.15) is 12.6 Å². The summed E-state index contributed by atoms with van der Waals surface area (Å²) in [6.45, 7) is 3.83. The van der Waals surface area contributed by atoms with Gasteiger partial charge in [-0.2, -0.15) is 0 Å². The van der Waals surface area contributed by atoms with Crippen molar-refractivity contribution in [1.29, 1.82) is 0 Å². The molecular formula is C10H12N2O. The highest BCUT2D eigenvalue weighted by atomic mass is 16.3. The molecule has 0 aliphatic rings. The Labute approximate surface area is 76.8 Å². The molecule has 1 N–H and O–H groups in total. The standard InChI is InChI=1S/C10H12N2O/c1-2-11-7-9-8-4-6-13-10(8)3-5-12-9/h3-6,11H,2,7H2,1H3. The van der Waals surface area contributed by atoms with Gasteiger partial charge in [-0.15, -0.1) is 0 Å². The van der Waals surface area contributed by atoms with Gasteiger partial charge < -0.3 is 9.73 Å². The molecule has 0 aliphatic carbocycles. The molecule has 0 saturated heterocycles. The molecule has 2 aromatic heterocycles. The van der Waals surface area contributed by atoms with Gasteiger partial charge >= 0.3 is 0 Å². The second kappa shape index (κ2) is 3.58. The maximum absolute atomic E-state index is 5.27. The Kier molecular flexibility index (Phi) is 2.27. The van der Waals surface area contributed by atoms with Gasteiger partial charge in [-0.3, -0.25) is 4.98 Å². The lowest BCUT2D eigenvalue weighted by molar-refractivity contribution is 0.615. The average Bonchev–Trinajstić information content (AvgIpc) is 2.62. The molecule has 3 heteroatoms. The van der Waals surface area contributed by atoms with Crippen LogP contribution in [-0.2, 0) is 6.54 Å². The first kappa shape index (κ1) is 8.26. The Morgan fingerprint density at radius 3 is 3.23 bits per heavy atom. The Bertz CT molecular complexity index is 394. The Balaban J connectivity index is 2.37. The zero-order valence-corrected chi connectivity index (χ0v) is 7.58. The van der Waals surface area contributed by atoms with Crippen molar-refractivity contribution in [3.05, 3.63) is 30.3 Å². The van der Waals surface area contributed by atoms with Crippen LogP contribution >= 0.6 is 0 Å². The number of nitrogens with zero attached hydrogens (tertiary/aromatic N) is 1. The van der Waals surface area contributed by atoms with Crippen LogP contribution in [0, 0.1) is 0 Å². The van der Waals surface area contributed by atoms with Crippen LogP contribution < -0.4 is 5.32 Å². The van der Waals surface area contributed by atoms with E-state index in [0.29, 0.717) is 0 Å². The molecule has 3 nitrogen and oxygen atoms in total. The van der Waals surface area contributed by atoms with Crippen molar-refractivity contribution in [3.8, 4) is 0 Å². The zero-order chi connectivity index (χ0) is 9.10. The normalized spacial score (nSPS) is 10.8. The first-order chi connectivity index (χ1) is 6.42. The van der Waals surface area contributed by atoms with Crippen LogP contribution in [0.3, 0.4) is 0 Å². The summed E-state index contributed by atoms with van der Waals surface area (Å²) in [5, 5.41) is 4.34. The number of rotatable bonds is 3. The lowest BCUT2D eigenvalue weighted by Crippen LogP contribution is -2.12. The minimum Gasteiger partial charge on any atom is -0.464 e. The van der Waals surface area contributed by atoms with Crippen LogP contribution in [0.25, 0.3) is 11.0 Å². The molecule has 0 fully saturated rings. The lowest BCUT2D eigenvalue weighted by Gasteiger charge is -2.01. The van der Waals surface area contributed by atoms with Crippen molar-refractivity contribution >= 4 is 11.0 Å². The molecule has 0 bridgehead atoms. The van der Waals surface area contributed by atoms with Gasteiger partial charge in [0.1, 0.15) is 5.58 Å². The first-order valence-corrected chi connectivity index (χ1v) is 4.43. The highest BCUT2D eigenvalue weighted by Crippen LogP contribution is 2.17. The lowest BCUT2D eigenvalue weighted by atomic mass is 10.2. The van der Waals surface area contributed by atoms with Gasteiger partial charge in [0.15, 0.2) is 0 Å². The fourth-order valence-corrected chi connectivity index (χ4v) is 1.34. The predicted octanol–water partition coefficient (Wildman–Crippen LogP) is 1.94. The highest BCUT2D eigenvalue weighted by Gasteiger charge is 2.02. The molecule has 0 atom stereocenters. The molecule has 13 heavy (non-hydrogen) atoms. The number of nitrogens with one attached hydrogen (secondary N) is 1. The molecule has 0 spiro atoms. The van der Waals surface area contributed by atoms with Gasteiger partial charge in [-0.25, -0.2) is 0 Å². The highest BCUT2D eigenvalue weighted by molar-refractivity contribution is 5.79. The number of furan rings is 1. The van der Waals surface area contributed by atoms with Crippen molar-refractivity contribution in [2.24, 2.45) is 0 Å². The monoisotopic (exact) mass is 176 g/mol. The van der Waals surface area contributed by atoms with Crippen molar-refractivity contribution in [2.75, 3.05) is 6.54 Å². The summed E-state index contributed by atoms with van der Waals surface area (Å²) in [5.74, 6) is 0. The average molecular weight is 176 g/mol. The number of hydrogen-bond acceptors (Lipinski definition) is 3. The number of hydrogen-bond donors (Lipinski definition) is 1. The smallest absolute Gasteiger partial charge is 0.137 e. The Hall–Kier alpha value is -1.35. The topological polar surface area (TPSA) is 38.1 Å². The van der Waals surface area contributed by atoms with E-state index in [-0.39, 0.29) is 0 Å². The third-order valence-electron chi connectivity index (χ3n) is 2.00. The quantitative estimate of drug-likeness (QED) is 0.776. The van der Waals surface area contributed by atoms with Crippen LogP contribution in [0.2, 0.25) is 0 Å². The Morgan fingerprint density at radius 2 is 2.38 bits per heavy atom. The maximum Gasteiger partial charge on any atom is 0.137 e. The molecule has 0 amide bonds. The third-order valence-corrected chi connectivity index (χ3v) is 2.00. The second-order valence-electron chi connectivity index (χ2n) is 2.87. The molecule has 2 rings (SSSR count). The molecule has 0 unspecified atom stereocenters. The molecule has 2 aromatic rings. The molecule has 68 valence electrons. The van der Waals surface area contributed by atoms with Crippen LogP contribution in [0.5, 0.6) is 0 Å². The van der Waals surface area contributed by atoms with E-state index in [1.165, 1.54) is 0 Å². The second-order valence-corrected chi connectivity index (χ2v) is 2.87. The summed E-state index contributed by atoms with van der Waals surface area (Å²) in [5.41, 5.74) is 1.95. The van der Waals surface area contributed by atoms with E-state index in [2.05, 4.69) is 17.2 Å². The summed E-state index contributed by atoms with van der Waals surface area (Å²) in [6.07, 6.45) is 3.47. The van der Waals surface area contributed by atoms with Gasteiger partial charge in [0.25, 0.3) is 0 Å². The van der Waals surface area contributed by atoms with Crippen LogP contribution in [0.15, 0.2) is 29.0 Å². The van der Waals surface area contributed by atoms with E-state index in [4.69, 9.17) is 4.42 Å². The molecule has 0 aliphatic heterocycles. The minimum atomic E-state index is 0.799. The molecule has 0 aromatic carbocycles. The molecule has 0 saturated carbocycles. The SMILES string of the molecule is CCNCc1nccc2occc12. The zero-order valence-electron chi connectivity index (χ0n) is 7.58. The van der Waals surface area contributed by atoms with Crippen molar-refractivity contribution in [3.63, 3.8) is 0 Å². The molecule has 0 radical (unpaired) electrons. The number of fused-ring (bicyclic) bond motifs is 1. The largest absolute Gasteiger partial charge is 0.464 e. The summed E-state index contributed by atoms with van der Waals surface area (Å²) in [7, 11) is 0. The fraction of sp³-hybridized carbons (Fsp3) is 0.300. The maximum atomic E-state index is 5.27. The number of pyridine rings is 1. The minimum absolute atomic E-state index is 0.799. The summed E-state index contributed by atoms with van der Waals surface area (Å²) in [4.78, 5) is 4.29. The Morgan fingerprint density at radius 1 is 1.46 bits per heavy atom. The van der Waals surface area contributed by atoms with Gasteiger partial charge in [-0.05, 0) is 18.7 Å². The summed E-state index contributed by atoms with van der Waals surface area (Å²) in [6, 6.07) is 3.83. The number of aromatic nitrogens is 1. The third kappa shape index (κ3) is 1.55. The summed E-state index contributed by atoms with van der Waals surface area (Å²) < 4.78 is 5.27. The van der Waals surface area contributed by atoms with Crippen molar-refractivity contribution < 1.29 is 4.42 Å². The molecular weight excluding hydrogens is 164 g/mol.